The zero-order valence-corrected chi connectivity index (χ0v) is 22.4. The maximum absolute atomic E-state index is 12.3. The van der Waals surface area contributed by atoms with E-state index in [9.17, 15) is 19.8 Å². The van der Waals surface area contributed by atoms with Crippen molar-refractivity contribution in [1.82, 2.24) is 15.3 Å². The molecular formula is C30H36N4O5. The number of aliphatic hydroxyl groups excluding tert-OH is 1. The first kappa shape index (κ1) is 28.0. The van der Waals surface area contributed by atoms with E-state index in [2.05, 4.69) is 68.7 Å². The van der Waals surface area contributed by atoms with Gasteiger partial charge in [-0.3, -0.25) is 9.59 Å². The van der Waals surface area contributed by atoms with Crippen LogP contribution in [0.15, 0.2) is 48.5 Å². The van der Waals surface area contributed by atoms with Gasteiger partial charge in [0.1, 0.15) is 12.4 Å². The molecular weight excluding hydrogens is 496 g/mol. The summed E-state index contributed by atoms with van der Waals surface area (Å²) in [6.45, 7) is 4.82. The minimum atomic E-state index is -1.17. The highest BCUT2D eigenvalue weighted by atomic mass is 16.4. The third kappa shape index (κ3) is 7.32. The Hall–Kier alpha value is -3.98. The lowest BCUT2D eigenvalue weighted by molar-refractivity contribution is -0.135. The molecule has 0 aliphatic carbocycles. The molecule has 1 aliphatic rings. The quantitative estimate of drug-likeness (QED) is 0.310. The number of piperidine rings is 1. The molecule has 4 rings (SSSR count). The number of anilines is 1. The number of aromatic nitrogens is 2. The number of hydrogen-bond acceptors (Lipinski definition) is 7. The van der Waals surface area contributed by atoms with Gasteiger partial charge in [-0.2, -0.15) is 0 Å². The Morgan fingerprint density at radius 1 is 1.03 bits per heavy atom. The lowest BCUT2D eigenvalue weighted by Gasteiger charge is -2.33. The molecule has 9 nitrogen and oxygen atoms in total. The molecule has 1 fully saturated rings. The van der Waals surface area contributed by atoms with Crippen LogP contribution in [0.25, 0.3) is 11.1 Å². The normalized spacial score (nSPS) is 14.7. The highest BCUT2D eigenvalue weighted by Gasteiger charge is 2.23. The van der Waals surface area contributed by atoms with Crippen LogP contribution in [-0.2, 0) is 17.6 Å². The molecule has 0 radical (unpaired) electrons. The van der Waals surface area contributed by atoms with Gasteiger partial charge in [-0.25, -0.2) is 9.97 Å². The first-order chi connectivity index (χ1) is 18.7. The Balaban J connectivity index is 1.33. The number of aliphatic hydroxyl groups is 1. The number of carboxylic acid groups (broad SMARTS) is 1. The van der Waals surface area contributed by atoms with Crippen LogP contribution in [-0.4, -0.2) is 62.9 Å². The van der Waals surface area contributed by atoms with Crippen LogP contribution in [0.2, 0.25) is 0 Å². The fourth-order valence-electron chi connectivity index (χ4n) is 4.88. The largest absolute Gasteiger partial charge is 0.504 e. The number of aliphatic carboxylic acids is 1. The molecule has 2 aromatic carbocycles. The van der Waals surface area contributed by atoms with Crippen molar-refractivity contribution in [2.24, 2.45) is 5.92 Å². The molecule has 0 unspecified atom stereocenters. The molecule has 1 aromatic heterocycles. The van der Waals surface area contributed by atoms with Crippen molar-refractivity contribution in [2.75, 3.05) is 24.5 Å². The summed E-state index contributed by atoms with van der Waals surface area (Å²) < 4.78 is 0. The van der Waals surface area contributed by atoms with E-state index in [0.29, 0.717) is 30.3 Å². The van der Waals surface area contributed by atoms with E-state index in [0.717, 1.165) is 49.0 Å². The van der Waals surface area contributed by atoms with E-state index in [1.807, 2.05) is 6.92 Å². The second-order valence-electron chi connectivity index (χ2n) is 10.1. The van der Waals surface area contributed by atoms with Gasteiger partial charge in [0.2, 0.25) is 0 Å². The van der Waals surface area contributed by atoms with Crippen LogP contribution >= 0.6 is 0 Å². The number of nitrogens with zero attached hydrogens (tertiary/aromatic N) is 3. The second kappa shape index (κ2) is 12.7. The van der Waals surface area contributed by atoms with Gasteiger partial charge in [-0.1, -0.05) is 43.3 Å². The van der Waals surface area contributed by atoms with Gasteiger partial charge in [0.25, 0.3) is 5.91 Å². The average Bonchev–Trinajstić information content (AvgIpc) is 2.94. The van der Waals surface area contributed by atoms with E-state index in [-0.39, 0.29) is 17.5 Å². The van der Waals surface area contributed by atoms with Crippen molar-refractivity contribution < 1.29 is 24.9 Å². The summed E-state index contributed by atoms with van der Waals surface area (Å²) in [4.78, 5) is 34.0. The van der Waals surface area contributed by atoms with Gasteiger partial charge in [0.05, 0.1) is 11.8 Å². The first-order valence-electron chi connectivity index (χ1n) is 13.4. The summed E-state index contributed by atoms with van der Waals surface area (Å²) in [5.41, 5.74) is 4.72. The van der Waals surface area contributed by atoms with Crippen LogP contribution in [0.3, 0.4) is 0 Å². The van der Waals surface area contributed by atoms with E-state index in [1.54, 1.807) is 6.92 Å². The summed E-state index contributed by atoms with van der Waals surface area (Å²) in [7, 11) is 0. The zero-order chi connectivity index (χ0) is 27.9. The first-order valence-corrected chi connectivity index (χ1v) is 13.4. The molecule has 0 bridgehead atoms. The number of hydrogen-bond donors (Lipinski definition) is 4. The summed E-state index contributed by atoms with van der Waals surface area (Å²) in [6, 6.07) is 17.0. The lowest BCUT2D eigenvalue weighted by atomic mass is 9.92. The predicted molar refractivity (Wildman–Crippen MR) is 149 cm³/mol. The Kier molecular flexibility index (Phi) is 9.14. The smallest absolute Gasteiger partial charge is 0.322 e. The maximum atomic E-state index is 12.3. The third-order valence-electron chi connectivity index (χ3n) is 7.27. The van der Waals surface area contributed by atoms with E-state index >= 15 is 0 Å². The van der Waals surface area contributed by atoms with Crippen LogP contribution < -0.4 is 10.2 Å². The minimum Gasteiger partial charge on any atom is -0.504 e. The standard InChI is InChI=1S/C30H36N4O5/c1-3-25(35)16-20-4-6-22(7-5-20)23-8-10-24(11-9-23)34-14-12-21(13-15-34)17-26-32-19(2)29(38)28(33-26)30(39)31-18-27(36)37/h4-11,21,25,35,38H,3,12-18H2,1-2H3,(H,31,39)(H,36,37)/t25-/m0/s1. The van der Waals surface area contributed by atoms with Crippen LogP contribution in [0.1, 0.15) is 53.8 Å². The molecule has 206 valence electrons. The Morgan fingerprint density at radius 2 is 1.64 bits per heavy atom. The molecule has 3 aromatic rings. The Labute approximate surface area is 228 Å². The van der Waals surface area contributed by atoms with Gasteiger partial charge in [-0.05, 0) is 67.3 Å². The van der Waals surface area contributed by atoms with Crippen LogP contribution in [0.4, 0.5) is 5.69 Å². The summed E-state index contributed by atoms with van der Waals surface area (Å²) in [5, 5.41) is 31.1. The molecule has 4 N–H and O–H groups in total. The van der Waals surface area contributed by atoms with Gasteiger partial charge in [0, 0.05) is 25.2 Å². The van der Waals surface area contributed by atoms with Gasteiger partial charge in [0.15, 0.2) is 11.4 Å². The third-order valence-corrected chi connectivity index (χ3v) is 7.27. The van der Waals surface area contributed by atoms with E-state index in [1.165, 1.54) is 5.69 Å². The van der Waals surface area contributed by atoms with Crippen molar-refractivity contribution in [3.05, 3.63) is 71.3 Å². The lowest BCUT2D eigenvalue weighted by Crippen LogP contribution is -2.34. The van der Waals surface area contributed by atoms with Crippen molar-refractivity contribution in [2.45, 2.75) is 52.1 Å². The van der Waals surface area contributed by atoms with Gasteiger partial charge >= 0.3 is 5.97 Å². The second-order valence-corrected chi connectivity index (χ2v) is 10.1. The summed E-state index contributed by atoms with van der Waals surface area (Å²) in [6.07, 6.45) is 3.59. The number of carbonyl (C=O) groups is 2. The highest BCUT2D eigenvalue weighted by Crippen LogP contribution is 2.29. The molecule has 1 aliphatic heterocycles. The number of carbonyl (C=O) groups excluding carboxylic acids is 1. The van der Waals surface area contributed by atoms with Crippen LogP contribution in [0, 0.1) is 12.8 Å². The number of aryl methyl sites for hydroxylation is 1. The fraction of sp³-hybridized carbons (Fsp3) is 0.400. The van der Waals surface area contributed by atoms with Crippen molar-refractivity contribution >= 4 is 17.6 Å². The SMILES string of the molecule is CC[C@H](O)Cc1ccc(-c2ccc(N3CCC(Cc4nc(C)c(O)c(C(=O)NCC(=O)O)n4)CC3)cc2)cc1. The maximum Gasteiger partial charge on any atom is 0.322 e. The average molecular weight is 533 g/mol. The highest BCUT2D eigenvalue weighted by molar-refractivity contribution is 5.96. The number of rotatable bonds is 10. The Bertz CT molecular complexity index is 1290. The molecule has 9 heteroatoms. The number of aromatic hydroxyl groups is 1. The molecule has 1 atom stereocenters. The molecule has 0 saturated carbocycles. The molecule has 1 amide bonds. The minimum absolute atomic E-state index is 0.190. The van der Waals surface area contributed by atoms with Gasteiger partial charge < -0.3 is 25.5 Å². The van der Waals surface area contributed by atoms with Crippen molar-refractivity contribution in [3.63, 3.8) is 0 Å². The number of carboxylic acids is 1. The van der Waals surface area contributed by atoms with E-state index in [4.69, 9.17) is 5.11 Å². The predicted octanol–water partition coefficient (Wildman–Crippen LogP) is 3.74. The summed E-state index contributed by atoms with van der Waals surface area (Å²) in [5.74, 6) is -1.42. The van der Waals surface area contributed by atoms with E-state index < -0.39 is 18.4 Å². The molecule has 2 heterocycles. The zero-order valence-electron chi connectivity index (χ0n) is 22.4. The summed E-state index contributed by atoms with van der Waals surface area (Å²) >= 11 is 0. The number of nitrogens with one attached hydrogen (secondary N) is 1. The number of benzene rings is 2. The van der Waals surface area contributed by atoms with Crippen molar-refractivity contribution in [3.8, 4) is 16.9 Å². The van der Waals surface area contributed by atoms with Crippen molar-refractivity contribution in [1.29, 1.82) is 0 Å². The molecule has 1 saturated heterocycles. The molecule has 0 spiro atoms. The fourth-order valence-corrected chi connectivity index (χ4v) is 4.88. The van der Waals surface area contributed by atoms with Crippen LogP contribution in [0.5, 0.6) is 5.75 Å². The number of amides is 1. The molecule has 39 heavy (non-hydrogen) atoms. The topological polar surface area (TPSA) is 136 Å². The monoisotopic (exact) mass is 532 g/mol. The Morgan fingerprint density at radius 3 is 2.23 bits per heavy atom. The van der Waals surface area contributed by atoms with Gasteiger partial charge in [-0.15, -0.1) is 0 Å².